The summed E-state index contributed by atoms with van der Waals surface area (Å²) in [7, 11) is 1.68. The van der Waals surface area contributed by atoms with Crippen molar-refractivity contribution in [2.45, 2.75) is 57.5 Å². The molecule has 1 fully saturated rings. The van der Waals surface area contributed by atoms with E-state index >= 15 is 0 Å². The number of hydrogen-bond acceptors (Lipinski definition) is 4. The fourth-order valence-corrected chi connectivity index (χ4v) is 3.61. The first-order valence-electron chi connectivity index (χ1n) is 8.78. The minimum atomic E-state index is -0.0588. The first-order valence-corrected chi connectivity index (χ1v) is 8.78. The molecule has 1 saturated heterocycles. The Labute approximate surface area is 136 Å². The standard InChI is InChI=1S/C16H27N5O2/c1-19-16(23)21-11-8-13(6-7-14(21)18-19)17-15(22)12-20-9-4-2-3-5-10-20/h13H,2-12H2,1H3,(H,17,22). The number of nitrogens with zero attached hydrogens (tertiary/aromatic N) is 4. The molecule has 0 saturated carbocycles. The number of carbonyl (C=O) groups excluding carboxylic acids is 1. The van der Waals surface area contributed by atoms with Crippen LogP contribution in [0, 0.1) is 0 Å². The molecule has 0 radical (unpaired) electrons. The van der Waals surface area contributed by atoms with Crippen molar-refractivity contribution in [2.75, 3.05) is 19.6 Å². The van der Waals surface area contributed by atoms with E-state index in [1.54, 1.807) is 11.6 Å². The first kappa shape index (κ1) is 16.2. The molecule has 128 valence electrons. The third-order valence-corrected chi connectivity index (χ3v) is 4.93. The highest BCUT2D eigenvalue weighted by molar-refractivity contribution is 5.78. The second kappa shape index (κ2) is 7.29. The van der Waals surface area contributed by atoms with Crippen molar-refractivity contribution in [3.63, 3.8) is 0 Å². The van der Waals surface area contributed by atoms with E-state index in [0.29, 0.717) is 13.1 Å². The van der Waals surface area contributed by atoms with Crippen LogP contribution in [0.2, 0.25) is 0 Å². The summed E-state index contributed by atoms with van der Waals surface area (Å²) >= 11 is 0. The van der Waals surface area contributed by atoms with Gasteiger partial charge in [-0.2, -0.15) is 5.10 Å². The minimum Gasteiger partial charge on any atom is -0.352 e. The third-order valence-electron chi connectivity index (χ3n) is 4.93. The first-order chi connectivity index (χ1) is 11.1. The lowest BCUT2D eigenvalue weighted by Crippen LogP contribution is -2.42. The molecule has 3 rings (SSSR count). The van der Waals surface area contributed by atoms with Crippen molar-refractivity contribution >= 4 is 5.91 Å². The normalized spacial score (nSPS) is 22.9. The second-order valence-electron chi connectivity index (χ2n) is 6.76. The summed E-state index contributed by atoms with van der Waals surface area (Å²) in [6.07, 6.45) is 7.34. The van der Waals surface area contributed by atoms with Gasteiger partial charge in [0.25, 0.3) is 0 Å². The number of amides is 1. The Hall–Kier alpha value is -1.63. The smallest absolute Gasteiger partial charge is 0.345 e. The highest BCUT2D eigenvalue weighted by Crippen LogP contribution is 2.12. The molecular formula is C16H27N5O2. The Morgan fingerprint density at radius 3 is 2.65 bits per heavy atom. The number of nitrogens with one attached hydrogen (secondary N) is 1. The van der Waals surface area contributed by atoms with Gasteiger partial charge < -0.3 is 5.32 Å². The van der Waals surface area contributed by atoms with E-state index in [9.17, 15) is 9.59 Å². The predicted octanol–water partition coefficient (Wildman–Crippen LogP) is 0.279. The van der Waals surface area contributed by atoms with Crippen LogP contribution in [0.1, 0.15) is 44.3 Å². The summed E-state index contributed by atoms with van der Waals surface area (Å²) in [6, 6.07) is 0.140. The monoisotopic (exact) mass is 321 g/mol. The number of fused-ring (bicyclic) bond motifs is 1. The SMILES string of the molecule is Cn1nc2n(c1=O)CCC(NC(=O)CN1CCCCCC1)CC2. The summed E-state index contributed by atoms with van der Waals surface area (Å²) in [5, 5.41) is 7.43. The van der Waals surface area contributed by atoms with Gasteiger partial charge in [-0.05, 0) is 38.8 Å². The van der Waals surface area contributed by atoms with E-state index in [1.807, 2.05) is 0 Å². The topological polar surface area (TPSA) is 72.2 Å². The second-order valence-corrected chi connectivity index (χ2v) is 6.76. The van der Waals surface area contributed by atoms with Crippen molar-refractivity contribution in [2.24, 2.45) is 7.05 Å². The lowest BCUT2D eigenvalue weighted by Gasteiger charge is -2.22. The molecule has 1 unspecified atom stereocenters. The molecule has 0 aliphatic carbocycles. The van der Waals surface area contributed by atoms with Crippen LogP contribution in [-0.4, -0.2) is 50.8 Å². The van der Waals surface area contributed by atoms with Gasteiger partial charge in [0.1, 0.15) is 5.82 Å². The molecule has 0 spiro atoms. The fraction of sp³-hybridized carbons (Fsp3) is 0.812. The van der Waals surface area contributed by atoms with Crippen molar-refractivity contribution in [3.8, 4) is 0 Å². The molecule has 2 aliphatic rings. The van der Waals surface area contributed by atoms with Crippen LogP contribution in [0.25, 0.3) is 0 Å². The lowest BCUT2D eigenvalue weighted by atomic mass is 10.1. The predicted molar refractivity (Wildman–Crippen MR) is 87.2 cm³/mol. The molecule has 2 aliphatic heterocycles. The van der Waals surface area contributed by atoms with Gasteiger partial charge in [-0.3, -0.25) is 14.3 Å². The molecule has 23 heavy (non-hydrogen) atoms. The Balaban J connectivity index is 1.51. The number of likely N-dealkylation sites (tertiary alicyclic amines) is 1. The number of aromatic nitrogens is 3. The number of aryl methyl sites for hydroxylation is 2. The largest absolute Gasteiger partial charge is 0.352 e. The van der Waals surface area contributed by atoms with Crippen LogP contribution in [0.5, 0.6) is 0 Å². The van der Waals surface area contributed by atoms with Gasteiger partial charge in [0.05, 0.1) is 6.54 Å². The summed E-state index contributed by atoms with van der Waals surface area (Å²) in [5.41, 5.74) is -0.0588. The molecule has 1 aromatic heterocycles. The highest BCUT2D eigenvalue weighted by Gasteiger charge is 2.22. The average molecular weight is 321 g/mol. The van der Waals surface area contributed by atoms with Crippen LogP contribution in [0.4, 0.5) is 0 Å². The van der Waals surface area contributed by atoms with E-state index in [0.717, 1.165) is 38.2 Å². The molecular weight excluding hydrogens is 294 g/mol. The maximum Gasteiger partial charge on any atom is 0.345 e. The van der Waals surface area contributed by atoms with Crippen molar-refractivity contribution < 1.29 is 4.79 Å². The van der Waals surface area contributed by atoms with Gasteiger partial charge >= 0.3 is 5.69 Å². The summed E-state index contributed by atoms with van der Waals surface area (Å²) < 4.78 is 3.13. The van der Waals surface area contributed by atoms with E-state index in [2.05, 4.69) is 15.3 Å². The molecule has 3 heterocycles. The summed E-state index contributed by atoms with van der Waals surface area (Å²) in [4.78, 5) is 26.5. The maximum absolute atomic E-state index is 12.3. The maximum atomic E-state index is 12.3. The van der Waals surface area contributed by atoms with Crippen LogP contribution in [-0.2, 0) is 24.8 Å². The van der Waals surface area contributed by atoms with Gasteiger partial charge in [0.15, 0.2) is 0 Å². The minimum absolute atomic E-state index is 0.0588. The molecule has 1 atom stereocenters. The van der Waals surface area contributed by atoms with Gasteiger partial charge in [-0.15, -0.1) is 0 Å². The highest BCUT2D eigenvalue weighted by atomic mass is 16.2. The van der Waals surface area contributed by atoms with E-state index in [-0.39, 0.29) is 17.6 Å². The molecule has 1 aromatic rings. The fourth-order valence-electron chi connectivity index (χ4n) is 3.61. The van der Waals surface area contributed by atoms with E-state index < -0.39 is 0 Å². The van der Waals surface area contributed by atoms with Crippen LogP contribution < -0.4 is 11.0 Å². The van der Waals surface area contributed by atoms with Crippen LogP contribution >= 0.6 is 0 Å². The molecule has 1 N–H and O–H groups in total. The molecule has 0 bridgehead atoms. The lowest BCUT2D eigenvalue weighted by molar-refractivity contribution is -0.123. The molecule has 7 heteroatoms. The third kappa shape index (κ3) is 4.02. The van der Waals surface area contributed by atoms with Crippen molar-refractivity contribution in [1.29, 1.82) is 0 Å². The average Bonchev–Trinajstić information content (AvgIpc) is 2.76. The Kier molecular flexibility index (Phi) is 5.15. The Bertz CT molecular complexity index is 598. The van der Waals surface area contributed by atoms with Crippen LogP contribution in [0.3, 0.4) is 0 Å². The van der Waals surface area contributed by atoms with Gasteiger partial charge in [-0.1, -0.05) is 12.8 Å². The zero-order valence-electron chi connectivity index (χ0n) is 14.0. The Morgan fingerprint density at radius 2 is 1.91 bits per heavy atom. The summed E-state index contributed by atoms with van der Waals surface area (Å²) in [6.45, 7) is 3.20. The van der Waals surface area contributed by atoms with Crippen molar-refractivity contribution in [3.05, 3.63) is 16.3 Å². The zero-order valence-corrected chi connectivity index (χ0v) is 14.0. The van der Waals surface area contributed by atoms with Gasteiger partial charge in [-0.25, -0.2) is 9.48 Å². The summed E-state index contributed by atoms with van der Waals surface area (Å²) in [5.74, 6) is 0.950. The zero-order chi connectivity index (χ0) is 16.2. The van der Waals surface area contributed by atoms with E-state index in [1.165, 1.54) is 30.4 Å². The van der Waals surface area contributed by atoms with Crippen molar-refractivity contribution in [1.82, 2.24) is 24.6 Å². The molecule has 1 amide bonds. The van der Waals surface area contributed by atoms with Gasteiger partial charge in [0, 0.05) is 26.1 Å². The number of hydrogen-bond donors (Lipinski definition) is 1. The van der Waals surface area contributed by atoms with Gasteiger partial charge in [0.2, 0.25) is 5.91 Å². The molecule has 0 aromatic carbocycles. The number of carbonyl (C=O) groups is 1. The van der Waals surface area contributed by atoms with E-state index in [4.69, 9.17) is 0 Å². The Morgan fingerprint density at radius 1 is 1.17 bits per heavy atom. The quantitative estimate of drug-likeness (QED) is 0.868. The van der Waals surface area contributed by atoms with Crippen LogP contribution in [0.15, 0.2) is 4.79 Å². The molecule has 7 nitrogen and oxygen atoms in total. The number of rotatable bonds is 3.